The summed E-state index contributed by atoms with van der Waals surface area (Å²) in [6.07, 6.45) is 2.61. The van der Waals surface area contributed by atoms with Crippen molar-refractivity contribution in [1.82, 2.24) is 0 Å². The van der Waals surface area contributed by atoms with E-state index in [1.54, 1.807) is 0 Å². The van der Waals surface area contributed by atoms with E-state index in [4.69, 9.17) is 0 Å². The molecule has 11 heavy (non-hydrogen) atoms. The largest absolute Gasteiger partial charge is 0.380 e. The van der Waals surface area contributed by atoms with E-state index in [9.17, 15) is 0 Å². The fraction of sp³-hybridized carbons (Fsp3) is 0.400. The van der Waals surface area contributed by atoms with Gasteiger partial charge in [-0.3, -0.25) is 0 Å². The van der Waals surface area contributed by atoms with Gasteiger partial charge in [0.15, 0.2) is 0 Å². The molecule has 1 nitrogen and oxygen atoms in total. The molecular formula is C10H13N. The van der Waals surface area contributed by atoms with E-state index in [0.717, 1.165) is 0 Å². The highest BCUT2D eigenvalue weighted by Gasteiger charge is 2.36. The molecule has 1 aliphatic carbocycles. The molecule has 0 saturated heterocycles. The van der Waals surface area contributed by atoms with Gasteiger partial charge in [-0.25, -0.2) is 0 Å². The Bertz CT molecular complexity index is 236. The van der Waals surface area contributed by atoms with E-state index >= 15 is 0 Å². The van der Waals surface area contributed by atoms with Crippen LogP contribution in [0.5, 0.6) is 0 Å². The first kappa shape index (κ1) is 6.71. The monoisotopic (exact) mass is 147 g/mol. The zero-order valence-electron chi connectivity index (χ0n) is 6.80. The summed E-state index contributed by atoms with van der Waals surface area (Å²) in [5, 5.41) is 3.49. The average molecular weight is 147 g/mol. The molecular weight excluding hydrogens is 134 g/mol. The van der Waals surface area contributed by atoms with Crippen molar-refractivity contribution in [3.05, 3.63) is 30.3 Å². The number of nitrogens with one attached hydrogen (secondary N) is 1. The summed E-state index contributed by atoms with van der Waals surface area (Å²) in [5.41, 5.74) is 1.65. The Balaban J connectivity index is 2.07. The summed E-state index contributed by atoms with van der Waals surface area (Å²) in [4.78, 5) is 0. The quantitative estimate of drug-likeness (QED) is 0.678. The normalized spacial score (nSPS) is 19.4. The fourth-order valence-electron chi connectivity index (χ4n) is 1.18. The molecule has 1 aromatic carbocycles. The Kier molecular flexibility index (Phi) is 1.38. The SMILES string of the molecule is CC1(Nc2ccccc2)CC1. The maximum absolute atomic E-state index is 3.49. The van der Waals surface area contributed by atoms with Crippen LogP contribution in [0.3, 0.4) is 0 Å². The molecule has 1 heteroatoms. The van der Waals surface area contributed by atoms with Gasteiger partial charge in [-0.1, -0.05) is 18.2 Å². The van der Waals surface area contributed by atoms with E-state index in [-0.39, 0.29) is 0 Å². The molecule has 0 bridgehead atoms. The topological polar surface area (TPSA) is 12.0 Å². The van der Waals surface area contributed by atoms with E-state index in [1.807, 2.05) is 6.07 Å². The second-order valence-electron chi connectivity index (χ2n) is 3.55. The van der Waals surface area contributed by atoms with Gasteiger partial charge in [0.25, 0.3) is 0 Å². The van der Waals surface area contributed by atoms with Crippen molar-refractivity contribution in [2.45, 2.75) is 25.3 Å². The van der Waals surface area contributed by atoms with Crippen molar-refractivity contribution >= 4 is 5.69 Å². The van der Waals surface area contributed by atoms with E-state index in [1.165, 1.54) is 18.5 Å². The summed E-state index contributed by atoms with van der Waals surface area (Å²) in [6, 6.07) is 10.4. The molecule has 0 atom stereocenters. The minimum absolute atomic E-state index is 0.404. The predicted molar refractivity (Wildman–Crippen MR) is 47.7 cm³/mol. The molecule has 0 aromatic heterocycles. The Morgan fingerprint density at radius 2 is 1.82 bits per heavy atom. The van der Waals surface area contributed by atoms with Crippen LogP contribution in [-0.4, -0.2) is 5.54 Å². The lowest BCUT2D eigenvalue weighted by atomic mass is 10.2. The van der Waals surface area contributed by atoms with E-state index in [2.05, 4.69) is 36.5 Å². The third-order valence-electron chi connectivity index (χ3n) is 2.22. The molecule has 1 aromatic rings. The number of para-hydroxylation sites is 1. The van der Waals surface area contributed by atoms with Gasteiger partial charge in [0.1, 0.15) is 0 Å². The van der Waals surface area contributed by atoms with Gasteiger partial charge in [0, 0.05) is 11.2 Å². The van der Waals surface area contributed by atoms with Crippen LogP contribution in [0, 0.1) is 0 Å². The number of benzene rings is 1. The van der Waals surface area contributed by atoms with Crippen molar-refractivity contribution in [3.63, 3.8) is 0 Å². The second kappa shape index (κ2) is 2.26. The number of hydrogen-bond acceptors (Lipinski definition) is 1. The molecule has 1 N–H and O–H groups in total. The molecule has 0 radical (unpaired) electrons. The third-order valence-corrected chi connectivity index (χ3v) is 2.22. The van der Waals surface area contributed by atoms with Crippen molar-refractivity contribution in [2.24, 2.45) is 0 Å². The molecule has 1 fully saturated rings. The Labute approximate surface area is 67.4 Å². The fourth-order valence-corrected chi connectivity index (χ4v) is 1.18. The van der Waals surface area contributed by atoms with Crippen molar-refractivity contribution < 1.29 is 0 Å². The minimum atomic E-state index is 0.404. The van der Waals surface area contributed by atoms with Gasteiger partial charge < -0.3 is 5.32 Å². The molecule has 0 amide bonds. The average Bonchev–Trinajstić information content (AvgIpc) is 2.70. The first-order chi connectivity index (χ1) is 5.29. The predicted octanol–water partition coefficient (Wildman–Crippen LogP) is 2.65. The maximum Gasteiger partial charge on any atom is 0.0347 e. The number of anilines is 1. The van der Waals surface area contributed by atoms with E-state index < -0.39 is 0 Å². The van der Waals surface area contributed by atoms with Gasteiger partial charge in [0.05, 0.1) is 0 Å². The first-order valence-electron chi connectivity index (χ1n) is 4.12. The molecule has 0 unspecified atom stereocenters. The maximum atomic E-state index is 3.49. The molecule has 2 rings (SSSR count). The van der Waals surface area contributed by atoms with Crippen LogP contribution < -0.4 is 5.32 Å². The molecule has 0 aliphatic heterocycles. The Morgan fingerprint density at radius 1 is 1.18 bits per heavy atom. The molecule has 0 spiro atoms. The highest BCUT2D eigenvalue weighted by Crippen LogP contribution is 2.37. The van der Waals surface area contributed by atoms with Crippen LogP contribution in [-0.2, 0) is 0 Å². The molecule has 58 valence electrons. The summed E-state index contributed by atoms with van der Waals surface area (Å²) < 4.78 is 0. The summed E-state index contributed by atoms with van der Waals surface area (Å²) in [6.45, 7) is 2.26. The van der Waals surface area contributed by atoms with Crippen LogP contribution in [0.25, 0.3) is 0 Å². The van der Waals surface area contributed by atoms with Gasteiger partial charge >= 0.3 is 0 Å². The van der Waals surface area contributed by atoms with Crippen LogP contribution in [0.15, 0.2) is 30.3 Å². The molecule has 1 saturated carbocycles. The van der Waals surface area contributed by atoms with Crippen LogP contribution in [0.2, 0.25) is 0 Å². The van der Waals surface area contributed by atoms with Crippen molar-refractivity contribution in [2.75, 3.05) is 5.32 Å². The number of hydrogen-bond donors (Lipinski definition) is 1. The van der Waals surface area contributed by atoms with Crippen molar-refractivity contribution in [3.8, 4) is 0 Å². The lowest BCUT2D eigenvalue weighted by Gasteiger charge is -2.12. The Hall–Kier alpha value is -0.980. The second-order valence-corrected chi connectivity index (χ2v) is 3.55. The lowest BCUT2D eigenvalue weighted by molar-refractivity contribution is 0.829. The summed E-state index contributed by atoms with van der Waals surface area (Å²) in [7, 11) is 0. The van der Waals surface area contributed by atoms with Gasteiger partial charge in [0.2, 0.25) is 0 Å². The minimum Gasteiger partial charge on any atom is -0.380 e. The smallest absolute Gasteiger partial charge is 0.0347 e. The zero-order chi connectivity index (χ0) is 7.73. The van der Waals surface area contributed by atoms with Gasteiger partial charge in [-0.05, 0) is 31.9 Å². The Morgan fingerprint density at radius 3 is 2.36 bits per heavy atom. The highest BCUT2D eigenvalue weighted by molar-refractivity contribution is 5.46. The number of rotatable bonds is 2. The third kappa shape index (κ3) is 1.53. The molecule has 0 heterocycles. The van der Waals surface area contributed by atoms with Crippen LogP contribution >= 0.6 is 0 Å². The van der Waals surface area contributed by atoms with Gasteiger partial charge in [-0.2, -0.15) is 0 Å². The van der Waals surface area contributed by atoms with E-state index in [0.29, 0.717) is 5.54 Å². The van der Waals surface area contributed by atoms with Crippen LogP contribution in [0.1, 0.15) is 19.8 Å². The summed E-state index contributed by atoms with van der Waals surface area (Å²) in [5.74, 6) is 0. The standard InChI is InChI=1S/C10H13N/c1-10(7-8-10)11-9-5-3-2-4-6-9/h2-6,11H,7-8H2,1H3. The lowest BCUT2D eigenvalue weighted by Crippen LogP contribution is -2.15. The van der Waals surface area contributed by atoms with Gasteiger partial charge in [-0.15, -0.1) is 0 Å². The van der Waals surface area contributed by atoms with Crippen LogP contribution in [0.4, 0.5) is 5.69 Å². The summed E-state index contributed by atoms with van der Waals surface area (Å²) >= 11 is 0. The zero-order valence-corrected chi connectivity index (χ0v) is 6.80. The molecule has 1 aliphatic rings. The van der Waals surface area contributed by atoms with Crippen molar-refractivity contribution in [1.29, 1.82) is 0 Å². The highest BCUT2D eigenvalue weighted by atomic mass is 15.0. The first-order valence-corrected chi connectivity index (χ1v) is 4.12.